The fourth-order valence-electron chi connectivity index (χ4n) is 5.76. The molecule has 5 aromatic rings. The lowest BCUT2D eigenvalue weighted by atomic mass is 9.89. The fourth-order valence-corrected chi connectivity index (χ4v) is 5.76. The molecular formula is C40H17F11N4. The highest BCUT2D eigenvalue weighted by Crippen LogP contribution is 2.38. The number of rotatable bonds is 4. The monoisotopic (exact) mass is 762 g/mol. The van der Waals surface area contributed by atoms with E-state index in [1.807, 2.05) is 6.07 Å². The summed E-state index contributed by atoms with van der Waals surface area (Å²) in [6.45, 7) is 16.5. The van der Waals surface area contributed by atoms with Crippen LogP contribution in [0.15, 0.2) is 84.9 Å². The Morgan fingerprint density at radius 3 is 1.60 bits per heavy atom. The largest absolute Gasteiger partial charge is 0.416 e. The molecule has 0 heterocycles. The first kappa shape index (κ1) is 39.2. The van der Waals surface area contributed by atoms with Gasteiger partial charge in [-0.3, -0.25) is 0 Å². The number of nitriles is 2. The van der Waals surface area contributed by atoms with Gasteiger partial charge in [-0.25, -0.2) is 18.5 Å². The molecule has 0 bridgehead atoms. The first-order chi connectivity index (χ1) is 25.7. The van der Waals surface area contributed by atoms with Crippen LogP contribution in [0, 0.1) is 54.4 Å². The van der Waals surface area contributed by atoms with E-state index < -0.39 is 80.2 Å². The Hall–Kier alpha value is -6.97. The van der Waals surface area contributed by atoms with E-state index in [4.69, 9.17) is 13.1 Å². The normalized spacial score (nSPS) is 12.9. The first-order valence-electron chi connectivity index (χ1n) is 15.3. The van der Waals surface area contributed by atoms with Gasteiger partial charge < -0.3 is 0 Å². The van der Waals surface area contributed by atoms with E-state index in [-0.39, 0.29) is 56.8 Å². The van der Waals surface area contributed by atoms with Gasteiger partial charge in [0.15, 0.2) is 0 Å². The van der Waals surface area contributed by atoms with E-state index in [9.17, 15) is 50.0 Å². The fraction of sp³-hybridized carbons (Fsp3) is 0.100. The van der Waals surface area contributed by atoms with Crippen molar-refractivity contribution in [2.75, 3.05) is 0 Å². The van der Waals surface area contributed by atoms with Crippen molar-refractivity contribution in [3.63, 3.8) is 0 Å². The summed E-state index contributed by atoms with van der Waals surface area (Å²) in [6, 6.07) is 14.3. The Balaban J connectivity index is 2.12. The molecule has 0 atom stereocenters. The van der Waals surface area contributed by atoms with Gasteiger partial charge in [0.05, 0.1) is 41.0 Å². The van der Waals surface area contributed by atoms with Crippen LogP contribution < -0.4 is 10.4 Å². The lowest BCUT2D eigenvalue weighted by molar-refractivity contribution is -0.143. The van der Waals surface area contributed by atoms with Gasteiger partial charge in [0.25, 0.3) is 0 Å². The van der Waals surface area contributed by atoms with Gasteiger partial charge in [0.1, 0.15) is 23.8 Å². The third-order valence-corrected chi connectivity index (χ3v) is 8.24. The number of alkyl halides is 9. The molecule has 0 N–H and O–H groups in total. The van der Waals surface area contributed by atoms with Crippen molar-refractivity contribution in [1.29, 1.82) is 10.5 Å². The first-order valence-corrected chi connectivity index (χ1v) is 15.3. The minimum absolute atomic E-state index is 0.0471. The molecule has 0 amide bonds. The molecule has 0 aliphatic heterocycles. The summed E-state index contributed by atoms with van der Waals surface area (Å²) in [7, 11) is 0. The topological polar surface area (TPSA) is 56.3 Å². The maximum atomic E-state index is 15.1. The molecule has 0 radical (unpaired) electrons. The second-order valence-corrected chi connectivity index (χ2v) is 11.9. The number of hydrogen-bond donors (Lipinski definition) is 0. The summed E-state index contributed by atoms with van der Waals surface area (Å²) in [6.07, 6.45) is -15.6. The van der Waals surface area contributed by atoms with Crippen molar-refractivity contribution in [2.24, 2.45) is 0 Å². The summed E-state index contributed by atoms with van der Waals surface area (Å²) >= 11 is 0. The highest BCUT2D eigenvalue weighted by Gasteiger charge is 2.37. The van der Waals surface area contributed by atoms with Crippen molar-refractivity contribution < 1.29 is 48.3 Å². The second kappa shape index (κ2) is 14.5. The average molecular weight is 763 g/mol. The van der Waals surface area contributed by atoms with Gasteiger partial charge in [-0.15, -0.1) is 0 Å². The van der Waals surface area contributed by atoms with Crippen molar-refractivity contribution in [3.8, 4) is 34.4 Å². The average Bonchev–Trinajstić information content (AvgIpc) is 3.11. The van der Waals surface area contributed by atoms with Crippen molar-refractivity contribution in [1.82, 2.24) is 0 Å². The van der Waals surface area contributed by atoms with Gasteiger partial charge in [-0.1, -0.05) is 42.5 Å². The van der Waals surface area contributed by atoms with Gasteiger partial charge in [-0.2, -0.15) is 50.0 Å². The molecule has 0 aromatic heterocycles. The Kier molecular flexibility index (Phi) is 10.3. The molecule has 15 heteroatoms. The number of benzene rings is 5. The summed E-state index contributed by atoms with van der Waals surface area (Å²) in [4.78, 5) is 6.29. The van der Waals surface area contributed by atoms with Gasteiger partial charge in [0, 0.05) is 5.22 Å². The van der Waals surface area contributed by atoms with Crippen LogP contribution in [0.25, 0.3) is 43.2 Å². The third kappa shape index (κ3) is 8.02. The second-order valence-electron chi connectivity index (χ2n) is 11.9. The van der Waals surface area contributed by atoms with Crippen molar-refractivity contribution in [3.05, 3.63) is 169 Å². The summed E-state index contributed by atoms with van der Waals surface area (Å²) in [5, 5.41) is 19.0. The van der Waals surface area contributed by atoms with Crippen molar-refractivity contribution in [2.45, 2.75) is 25.5 Å². The van der Waals surface area contributed by atoms with Crippen LogP contribution in [0.4, 0.5) is 54.0 Å². The Morgan fingerprint density at radius 1 is 0.600 bits per heavy atom. The lowest BCUT2D eigenvalue weighted by Gasteiger charge is -2.16. The number of halogens is 11. The highest BCUT2D eigenvalue weighted by atomic mass is 19.4. The molecular weight excluding hydrogens is 745 g/mol. The molecule has 0 aliphatic carbocycles. The summed E-state index contributed by atoms with van der Waals surface area (Å²) in [5.41, 5.74) is -9.22. The highest BCUT2D eigenvalue weighted by molar-refractivity contribution is 5.86. The Labute approximate surface area is 304 Å². The predicted molar refractivity (Wildman–Crippen MR) is 177 cm³/mol. The quantitative estimate of drug-likeness (QED) is 0.135. The SMILES string of the molecule is [C-]#[N+]/C(c1cc(C(F)(F)F)cc(C(F)(F)F)c1)=c1/cc(-c2ccc(C#N)c(F)c2)/c(=C(\C#N)c2cc(C)cc(C(F)(F)F)c2)cc1-c1ccc([N+]#[C-])c(F)c1. The van der Waals surface area contributed by atoms with E-state index in [1.165, 1.54) is 13.0 Å². The molecule has 55 heavy (non-hydrogen) atoms. The molecule has 0 fully saturated rings. The summed E-state index contributed by atoms with van der Waals surface area (Å²) < 4.78 is 156. The molecule has 0 spiro atoms. The smallest absolute Gasteiger partial charge is 0.237 e. The zero-order valence-corrected chi connectivity index (χ0v) is 27.5. The van der Waals surface area contributed by atoms with E-state index in [0.717, 1.165) is 54.6 Å². The number of nitrogens with zero attached hydrogens (tertiary/aromatic N) is 4. The number of hydrogen-bond acceptors (Lipinski definition) is 2. The molecule has 274 valence electrons. The molecule has 0 saturated heterocycles. The van der Waals surface area contributed by atoms with Crippen LogP contribution in [-0.4, -0.2) is 0 Å². The Bertz CT molecular complexity index is 2660. The van der Waals surface area contributed by atoms with Gasteiger partial charge in [-0.05, 0) is 93.6 Å². The van der Waals surface area contributed by atoms with E-state index in [0.29, 0.717) is 6.07 Å². The van der Waals surface area contributed by atoms with E-state index >= 15 is 8.78 Å². The summed E-state index contributed by atoms with van der Waals surface area (Å²) in [5.74, 6) is -2.26. The molecule has 4 nitrogen and oxygen atoms in total. The Morgan fingerprint density at radius 2 is 1.11 bits per heavy atom. The molecule has 5 aromatic carbocycles. The van der Waals surface area contributed by atoms with Crippen LogP contribution in [0.2, 0.25) is 0 Å². The molecule has 0 unspecified atom stereocenters. The lowest BCUT2D eigenvalue weighted by Crippen LogP contribution is -2.21. The van der Waals surface area contributed by atoms with Crippen LogP contribution >= 0.6 is 0 Å². The van der Waals surface area contributed by atoms with E-state index in [2.05, 4.69) is 9.69 Å². The van der Waals surface area contributed by atoms with Gasteiger partial charge in [0.2, 0.25) is 11.4 Å². The molecule has 0 saturated carbocycles. The van der Waals surface area contributed by atoms with Crippen molar-refractivity contribution >= 4 is 17.0 Å². The minimum atomic E-state index is -5.33. The van der Waals surface area contributed by atoms with Crippen LogP contribution in [0.3, 0.4) is 0 Å². The van der Waals surface area contributed by atoms with E-state index in [1.54, 1.807) is 6.07 Å². The maximum absolute atomic E-state index is 15.1. The zero-order valence-electron chi connectivity index (χ0n) is 27.5. The third-order valence-electron chi connectivity index (χ3n) is 8.24. The van der Waals surface area contributed by atoms with Crippen LogP contribution in [0.1, 0.15) is 38.9 Å². The predicted octanol–water partition coefficient (Wildman–Crippen LogP) is 10.9. The standard InChI is InChI=1S/C40H17F11N4/c1-20-8-24(10-26(9-20)38(43,44)45)33(19-53)31-16-30(22-6-7-36(54-2)35(42)14-22)32(17-29(31)21-4-5-23(18-52)34(41)13-21)37(55-3)25-11-27(39(46,47)48)15-28(12-25)40(49,50)51/h4-17H,1H3/b33-31+,37-32-. The zero-order chi connectivity index (χ0) is 40.6. The molecule has 0 aliphatic rings. The van der Waals surface area contributed by atoms with Crippen LogP contribution in [-0.2, 0) is 18.5 Å². The number of aryl methyl sites for hydroxylation is 1. The van der Waals surface area contributed by atoms with Crippen LogP contribution in [0.5, 0.6) is 0 Å². The minimum Gasteiger partial charge on any atom is -0.237 e. The molecule has 5 rings (SSSR count). The van der Waals surface area contributed by atoms with Gasteiger partial charge >= 0.3 is 18.5 Å². The maximum Gasteiger partial charge on any atom is 0.416 e.